The van der Waals surface area contributed by atoms with Gasteiger partial charge in [-0.1, -0.05) is 411 Å². The van der Waals surface area contributed by atoms with Crippen molar-refractivity contribution in [1.82, 2.24) is 0 Å². The second kappa shape index (κ2) is 118. The minimum atomic E-state index is 0.299. The maximum atomic E-state index is 11.1. The molecule has 0 aromatic carbocycles. The van der Waals surface area contributed by atoms with E-state index in [4.69, 9.17) is 4.74 Å². The second-order valence-electron chi connectivity index (χ2n) is 23.7. The molecule has 0 N–H and O–H groups in total. The van der Waals surface area contributed by atoms with Gasteiger partial charge in [-0.05, 0) is 74.5 Å². The van der Waals surface area contributed by atoms with E-state index in [0.717, 1.165) is 49.0 Å². The Kier molecular flexibility index (Phi) is 162. The minimum Gasteiger partial charge on any atom is -0.384 e. The number of rotatable bonds is 24. The molecule has 0 heterocycles. The first-order valence-corrected chi connectivity index (χ1v) is 37.3. The van der Waals surface area contributed by atoms with E-state index in [1.54, 1.807) is 14.0 Å². The lowest BCUT2D eigenvalue weighted by molar-refractivity contribution is -0.118. The van der Waals surface area contributed by atoms with Gasteiger partial charge in [-0.15, -0.1) is 13.2 Å². The average Bonchev–Trinajstić information content (AvgIpc) is 3.74. The number of Topliss-reactive ketones (excluding diaryl/α,β-unsaturated/α-hetero) is 1. The van der Waals surface area contributed by atoms with Gasteiger partial charge in [0.25, 0.3) is 0 Å². The van der Waals surface area contributed by atoms with Crippen molar-refractivity contribution in [2.45, 2.75) is 433 Å². The smallest absolute Gasteiger partial charge is 0.130 e. The van der Waals surface area contributed by atoms with Crippen LogP contribution in [0.15, 0.2) is 24.8 Å². The Morgan fingerprint density at radius 3 is 0.963 bits per heavy atom. The van der Waals surface area contributed by atoms with E-state index in [2.05, 4.69) is 159 Å². The maximum absolute atomic E-state index is 11.1. The highest BCUT2D eigenvalue weighted by atomic mass is 16.5. The molecule has 0 aromatic heterocycles. The number of carbonyl (C=O) groups excluding carboxylic acids is 1. The Hall–Kier alpha value is -0.890. The van der Waals surface area contributed by atoms with Crippen LogP contribution in [0.2, 0.25) is 0 Å². The quantitative estimate of drug-likeness (QED) is 0.0547. The van der Waals surface area contributed by atoms with Crippen LogP contribution in [0.1, 0.15) is 433 Å². The van der Waals surface area contributed by atoms with Crippen molar-refractivity contribution in [2.24, 2.45) is 47.3 Å². The van der Waals surface area contributed by atoms with Crippen molar-refractivity contribution in [2.75, 3.05) is 13.7 Å². The summed E-state index contributed by atoms with van der Waals surface area (Å²) in [5.74, 6) is 6.75. The van der Waals surface area contributed by atoms with Crippen molar-refractivity contribution in [3.05, 3.63) is 24.8 Å². The highest BCUT2D eigenvalue weighted by Crippen LogP contribution is 2.27. The number of unbranched alkanes of at least 4 members (excludes halogenated alkanes) is 9. The van der Waals surface area contributed by atoms with Gasteiger partial charge in [0, 0.05) is 20.1 Å². The lowest BCUT2D eigenvalue weighted by Crippen LogP contribution is -2.23. The molecule has 0 spiro atoms. The molecule has 2 fully saturated rings. The SMILES string of the molecule is C=C(C)C.C=CCC.CC.CC.CC.CC.CC1CCCCC1.CC1CCCCCC1.CCC(C)C.CCCC.CCCC(C)C.CCCCC.CCCCC(CC)CC.CCCCCCCC.CC[C@H](CC(C)=O)C(C)C(C)COC. The monoisotopic (exact) mass is 1170 g/mol. The molecule has 0 bridgehead atoms. The highest BCUT2D eigenvalue weighted by molar-refractivity contribution is 5.75. The van der Waals surface area contributed by atoms with E-state index in [0.29, 0.717) is 30.0 Å². The molecule has 2 aliphatic rings. The molecule has 2 saturated carbocycles. The van der Waals surface area contributed by atoms with E-state index in [1.807, 2.05) is 75.3 Å². The van der Waals surface area contributed by atoms with Gasteiger partial charge in [-0.3, -0.25) is 0 Å². The molecular weight excluding hydrogens is 993 g/mol. The third-order valence-corrected chi connectivity index (χ3v) is 13.9. The molecule has 512 valence electrons. The second-order valence-corrected chi connectivity index (χ2v) is 23.7. The molecule has 0 aliphatic heterocycles. The maximum Gasteiger partial charge on any atom is 0.130 e. The Morgan fingerprint density at radius 1 is 0.463 bits per heavy atom. The zero-order valence-corrected chi connectivity index (χ0v) is 65.5. The van der Waals surface area contributed by atoms with Gasteiger partial charge in [-0.2, -0.15) is 0 Å². The van der Waals surface area contributed by atoms with Crippen LogP contribution in [0.5, 0.6) is 0 Å². The topological polar surface area (TPSA) is 26.3 Å². The van der Waals surface area contributed by atoms with Crippen LogP contribution in [0.3, 0.4) is 0 Å². The molecular formula is C80H180O2. The predicted molar refractivity (Wildman–Crippen MR) is 398 cm³/mol. The summed E-state index contributed by atoms with van der Waals surface area (Å²) < 4.78 is 5.14. The Balaban J connectivity index is -0.0000000585. The van der Waals surface area contributed by atoms with Crippen LogP contribution in [-0.4, -0.2) is 19.5 Å². The van der Waals surface area contributed by atoms with Crippen LogP contribution < -0.4 is 0 Å². The van der Waals surface area contributed by atoms with Crippen molar-refractivity contribution in [3.8, 4) is 0 Å². The first-order chi connectivity index (χ1) is 39.1. The molecule has 82 heavy (non-hydrogen) atoms. The summed E-state index contributed by atoms with van der Waals surface area (Å²) in [5.41, 5.74) is 1.17. The molecule has 0 saturated heterocycles. The third-order valence-electron chi connectivity index (χ3n) is 13.9. The molecule has 2 heteroatoms. The fourth-order valence-corrected chi connectivity index (χ4v) is 7.71. The van der Waals surface area contributed by atoms with E-state index >= 15 is 0 Å². The number of ether oxygens (including phenoxy) is 1. The third kappa shape index (κ3) is 159. The summed E-state index contributed by atoms with van der Waals surface area (Å²) in [6.07, 6.45) is 47.3. The largest absolute Gasteiger partial charge is 0.384 e. The summed E-state index contributed by atoms with van der Waals surface area (Å²) in [4.78, 5) is 11.1. The number of hydrogen-bond acceptors (Lipinski definition) is 2. The molecule has 2 aliphatic carbocycles. The van der Waals surface area contributed by atoms with Crippen molar-refractivity contribution < 1.29 is 9.53 Å². The summed E-state index contributed by atoms with van der Waals surface area (Å²) >= 11 is 0. The number of ketones is 1. The number of allylic oxidation sites excluding steroid dienone is 2. The summed E-state index contributed by atoms with van der Waals surface area (Å²) in [6, 6.07) is 0. The number of hydrogen-bond donors (Lipinski definition) is 0. The highest BCUT2D eigenvalue weighted by Gasteiger charge is 2.22. The molecule has 0 amide bonds. The molecule has 2 nitrogen and oxygen atoms in total. The van der Waals surface area contributed by atoms with Crippen LogP contribution in [0.4, 0.5) is 0 Å². The van der Waals surface area contributed by atoms with Gasteiger partial charge in [0.2, 0.25) is 0 Å². The fourth-order valence-electron chi connectivity index (χ4n) is 7.71. The Morgan fingerprint density at radius 2 is 0.780 bits per heavy atom. The van der Waals surface area contributed by atoms with Crippen LogP contribution in [0, 0.1) is 47.3 Å². The first kappa shape index (κ1) is 112. The van der Waals surface area contributed by atoms with Crippen molar-refractivity contribution in [3.63, 3.8) is 0 Å². The van der Waals surface area contributed by atoms with Gasteiger partial charge >= 0.3 is 0 Å². The summed E-state index contributed by atoms with van der Waals surface area (Å²) in [7, 11) is 1.73. The first-order valence-electron chi connectivity index (χ1n) is 37.3. The average molecular weight is 1170 g/mol. The molecule has 0 aromatic rings. The molecule has 0 radical (unpaired) electrons. The van der Waals surface area contributed by atoms with E-state index < -0.39 is 0 Å². The van der Waals surface area contributed by atoms with Crippen molar-refractivity contribution >= 4 is 5.78 Å². The number of methoxy groups -OCH3 is 1. The fraction of sp³-hybridized carbons (Fsp3) is 0.938. The van der Waals surface area contributed by atoms with E-state index in [9.17, 15) is 4.79 Å². The lowest BCUT2D eigenvalue weighted by Gasteiger charge is -2.27. The van der Waals surface area contributed by atoms with Gasteiger partial charge in [-0.25, -0.2) is 0 Å². The standard InChI is InChI=1S/C12H24O2.C9H20.C8H16.C8H18.C7H14.C6H14.2C5H12.C4H8.C4H10.C4H8.4C2H6/c1-6-12(7-10(3)13)11(4)9(2)8-14-5;1-4-7-8-9(5-2)6-3;1-8-6-4-2-3-5-7-8;1-3-5-7-8-6-4-2;1-7-5-3-2-4-6-7;1-4-5-6(2)3;1-4-5(2)3;1-3-5-4-2;1-4(2)3;2*1-3-4-2;4*1-2/h9,11-12H,6-8H2,1-5H3;9H,4-8H2,1-3H3;8H,2-7H2,1H3;3-8H2,1-2H3;7H,2-6H2,1H3;6H,4-5H2,1-3H3;5H,4H2,1-3H3;3-5H2,1-2H3;1H2,2-3H3;3-4H2,1-2H3;3H,1,4H2,2H3;4*1-2H3/t9?,11?,12-;;;;;;;;;;;;;;/m1............../s1. The van der Waals surface area contributed by atoms with Crippen LogP contribution in [-0.2, 0) is 9.53 Å². The summed E-state index contributed by atoms with van der Waals surface area (Å²) in [5, 5.41) is 0. The van der Waals surface area contributed by atoms with E-state index in [1.165, 1.54) is 198 Å². The zero-order chi connectivity index (χ0) is 67.2. The van der Waals surface area contributed by atoms with Gasteiger partial charge < -0.3 is 9.53 Å². The summed E-state index contributed by atoms with van der Waals surface area (Å²) in [6.45, 7) is 76.3. The predicted octanol–water partition coefficient (Wildman–Crippen LogP) is 31.2. The lowest BCUT2D eigenvalue weighted by atomic mass is 9.80. The van der Waals surface area contributed by atoms with Crippen LogP contribution in [0.25, 0.3) is 0 Å². The molecule has 3 atom stereocenters. The Labute approximate surface area is 532 Å². The number of carbonyl (C=O) groups is 1. The zero-order valence-electron chi connectivity index (χ0n) is 65.5. The minimum absolute atomic E-state index is 0.299. The van der Waals surface area contributed by atoms with Gasteiger partial charge in [0.1, 0.15) is 5.78 Å². The van der Waals surface area contributed by atoms with Crippen LogP contribution >= 0.6 is 0 Å². The van der Waals surface area contributed by atoms with Gasteiger partial charge in [0.15, 0.2) is 0 Å². The molecule has 2 rings (SSSR count). The molecule has 2 unspecified atom stereocenters. The van der Waals surface area contributed by atoms with Gasteiger partial charge in [0.05, 0.1) is 0 Å². The Bertz CT molecular complexity index is 887. The normalized spacial score (nSPS) is 12.8. The van der Waals surface area contributed by atoms with Crippen molar-refractivity contribution in [1.29, 1.82) is 0 Å². The van der Waals surface area contributed by atoms with E-state index in [-0.39, 0.29) is 0 Å².